The van der Waals surface area contributed by atoms with Crippen molar-refractivity contribution in [2.75, 3.05) is 13.1 Å². The van der Waals surface area contributed by atoms with Crippen LogP contribution in [0.2, 0.25) is 0 Å². The van der Waals surface area contributed by atoms with Crippen molar-refractivity contribution in [3.05, 3.63) is 65.5 Å². The predicted octanol–water partition coefficient (Wildman–Crippen LogP) is 1.80. The Morgan fingerprint density at radius 1 is 1.28 bits per heavy atom. The smallest absolute Gasteiger partial charge is 0.308 e. The summed E-state index contributed by atoms with van der Waals surface area (Å²) in [5, 5.41) is 12.2. The van der Waals surface area contributed by atoms with E-state index in [1.807, 2.05) is 43.3 Å². The van der Waals surface area contributed by atoms with Crippen LogP contribution in [0.4, 0.5) is 0 Å². The lowest BCUT2D eigenvalue weighted by atomic mass is 9.97. The average molecular weight is 395 g/mol. The minimum absolute atomic E-state index is 0.0348. The van der Waals surface area contributed by atoms with Crippen molar-refractivity contribution in [3.8, 4) is 0 Å². The van der Waals surface area contributed by atoms with Crippen LogP contribution in [0, 0.1) is 18.8 Å². The maximum absolute atomic E-state index is 12.5. The number of nitrogens with one attached hydrogen (secondary N) is 1. The van der Waals surface area contributed by atoms with Gasteiger partial charge in [-0.2, -0.15) is 0 Å². The van der Waals surface area contributed by atoms with Crippen LogP contribution in [0.1, 0.15) is 23.2 Å². The van der Waals surface area contributed by atoms with Gasteiger partial charge in [0.25, 0.3) is 0 Å². The molecular weight excluding hydrogens is 370 g/mol. The van der Waals surface area contributed by atoms with Gasteiger partial charge in [0.1, 0.15) is 0 Å². The number of aryl methyl sites for hydroxylation is 1. The van der Waals surface area contributed by atoms with Gasteiger partial charge in [0, 0.05) is 25.7 Å². The fourth-order valence-electron chi connectivity index (χ4n) is 3.53. The quantitative estimate of drug-likeness (QED) is 0.710. The van der Waals surface area contributed by atoms with Crippen molar-refractivity contribution in [1.29, 1.82) is 0 Å². The molecule has 7 heteroatoms. The van der Waals surface area contributed by atoms with Gasteiger partial charge in [0.05, 0.1) is 24.1 Å². The minimum Gasteiger partial charge on any atom is -0.481 e. The summed E-state index contributed by atoms with van der Waals surface area (Å²) in [4.78, 5) is 42.2. The van der Waals surface area contributed by atoms with E-state index in [1.54, 1.807) is 17.2 Å². The third kappa shape index (κ3) is 5.63. The third-order valence-corrected chi connectivity index (χ3v) is 5.10. The molecule has 2 amide bonds. The fourth-order valence-corrected chi connectivity index (χ4v) is 3.53. The highest BCUT2D eigenvalue weighted by Crippen LogP contribution is 2.20. The number of nitrogens with zero attached hydrogens (tertiary/aromatic N) is 2. The number of likely N-dealkylation sites (tertiary alicyclic amines) is 1. The molecule has 2 heterocycles. The van der Waals surface area contributed by atoms with Crippen molar-refractivity contribution in [1.82, 2.24) is 15.2 Å². The molecule has 2 aromatic rings. The first kappa shape index (κ1) is 20.5. The van der Waals surface area contributed by atoms with Crippen molar-refractivity contribution in [3.63, 3.8) is 0 Å². The first-order valence-electron chi connectivity index (χ1n) is 9.66. The second kappa shape index (κ2) is 9.32. The van der Waals surface area contributed by atoms with Crippen molar-refractivity contribution >= 4 is 17.8 Å². The standard InChI is InChI=1S/C22H25N3O4/c1-15-5-4-6-16(9-15)10-17(22(28)29)12-24-21(27)18-11-20(26)25(13-18)14-19-7-2-3-8-23-19/h2-9,17-18H,10-14H2,1H3,(H,24,27)(H,28,29)/t17-,18-/m0/s1. The number of carbonyl (C=O) groups is 3. The van der Waals surface area contributed by atoms with Crippen LogP contribution in [-0.2, 0) is 27.3 Å². The monoisotopic (exact) mass is 395 g/mol. The molecule has 7 nitrogen and oxygen atoms in total. The molecule has 0 aliphatic carbocycles. The second-order valence-corrected chi connectivity index (χ2v) is 7.47. The van der Waals surface area contributed by atoms with E-state index in [2.05, 4.69) is 10.3 Å². The zero-order chi connectivity index (χ0) is 20.8. The van der Waals surface area contributed by atoms with Gasteiger partial charge in [-0.05, 0) is 31.0 Å². The second-order valence-electron chi connectivity index (χ2n) is 7.47. The number of aromatic nitrogens is 1. The Kier molecular flexibility index (Phi) is 6.59. The van der Waals surface area contributed by atoms with Crippen LogP contribution >= 0.6 is 0 Å². The number of pyridine rings is 1. The number of carboxylic acid groups (broad SMARTS) is 1. The van der Waals surface area contributed by atoms with Crippen LogP contribution < -0.4 is 5.32 Å². The first-order valence-corrected chi connectivity index (χ1v) is 9.66. The SMILES string of the molecule is Cc1cccc(C[C@@H](CNC(=O)[C@H]2CC(=O)N(Cc3ccccn3)C2)C(=O)O)c1. The lowest BCUT2D eigenvalue weighted by Gasteiger charge is -2.17. The molecule has 1 aliphatic heterocycles. The van der Waals surface area contributed by atoms with E-state index in [0.29, 0.717) is 19.5 Å². The number of benzene rings is 1. The number of carboxylic acids is 1. The Balaban J connectivity index is 1.53. The Morgan fingerprint density at radius 2 is 2.10 bits per heavy atom. The Labute approximate surface area is 169 Å². The number of carbonyl (C=O) groups excluding carboxylic acids is 2. The molecule has 0 unspecified atom stereocenters. The molecule has 0 bridgehead atoms. The topological polar surface area (TPSA) is 99.6 Å². The minimum atomic E-state index is -0.953. The molecule has 3 rings (SSSR count). The van der Waals surface area contributed by atoms with Crippen molar-refractivity contribution < 1.29 is 19.5 Å². The largest absolute Gasteiger partial charge is 0.481 e. The zero-order valence-corrected chi connectivity index (χ0v) is 16.4. The molecule has 2 N–H and O–H groups in total. The molecule has 0 spiro atoms. The average Bonchev–Trinajstić information content (AvgIpc) is 3.06. The molecular formula is C22H25N3O4. The Hall–Kier alpha value is -3.22. The molecule has 2 atom stereocenters. The van der Waals surface area contributed by atoms with Crippen molar-refractivity contribution in [2.45, 2.75) is 26.3 Å². The summed E-state index contributed by atoms with van der Waals surface area (Å²) in [6.45, 7) is 2.67. The molecule has 1 aliphatic rings. The van der Waals surface area contributed by atoms with Crippen LogP contribution in [0.3, 0.4) is 0 Å². The summed E-state index contributed by atoms with van der Waals surface area (Å²) in [7, 11) is 0. The van der Waals surface area contributed by atoms with E-state index >= 15 is 0 Å². The number of rotatable bonds is 8. The Bertz CT molecular complexity index is 885. The third-order valence-electron chi connectivity index (χ3n) is 5.10. The van der Waals surface area contributed by atoms with Gasteiger partial charge in [-0.1, -0.05) is 35.9 Å². The molecule has 1 fully saturated rings. The zero-order valence-electron chi connectivity index (χ0n) is 16.4. The van der Waals surface area contributed by atoms with Crippen LogP contribution in [0.25, 0.3) is 0 Å². The lowest BCUT2D eigenvalue weighted by Crippen LogP contribution is -2.38. The Morgan fingerprint density at radius 3 is 2.79 bits per heavy atom. The van der Waals surface area contributed by atoms with E-state index < -0.39 is 17.8 Å². The highest BCUT2D eigenvalue weighted by molar-refractivity contribution is 5.89. The van der Waals surface area contributed by atoms with Crippen LogP contribution in [0.5, 0.6) is 0 Å². The summed E-state index contributed by atoms with van der Waals surface area (Å²) >= 11 is 0. The summed E-state index contributed by atoms with van der Waals surface area (Å²) in [6.07, 6.45) is 2.14. The fraction of sp³-hybridized carbons (Fsp3) is 0.364. The highest BCUT2D eigenvalue weighted by Gasteiger charge is 2.34. The van der Waals surface area contributed by atoms with Gasteiger partial charge < -0.3 is 15.3 Å². The lowest BCUT2D eigenvalue weighted by molar-refractivity contribution is -0.141. The van der Waals surface area contributed by atoms with E-state index in [4.69, 9.17) is 0 Å². The normalized spacial score (nSPS) is 17.2. The number of hydrogen-bond acceptors (Lipinski definition) is 4. The van der Waals surface area contributed by atoms with E-state index in [0.717, 1.165) is 16.8 Å². The molecule has 0 saturated carbocycles. The number of aliphatic carboxylic acids is 1. The molecule has 152 valence electrons. The molecule has 1 aromatic heterocycles. The predicted molar refractivity (Wildman–Crippen MR) is 107 cm³/mol. The van der Waals surface area contributed by atoms with Gasteiger partial charge in [0.15, 0.2) is 0 Å². The molecule has 1 aromatic carbocycles. The molecule has 1 saturated heterocycles. The van der Waals surface area contributed by atoms with Gasteiger partial charge in [0.2, 0.25) is 11.8 Å². The number of hydrogen-bond donors (Lipinski definition) is 2. The van der Waals surface area contributed by atoms with E-state index in [1.165, 1.54) is 0 Å². The summed E-state index contributed by atoms with van der Waals surface area (Å²) in [6, 6.07) is 13.2. The van der Waals surface area contributed by atoms with Crippen LogP contribution in [-0.4, -0.2) is 45.9 Å². The van der Waals surface area contributed by atoms with Crippen LogP contribution in [0.15, 0.2) is 48.7 Å². The van der Waals surface area contributed by atoms with Gasteiger partial charge in [-0.3, -0.25) is 19.4 Å². The van der Waals surface area contributed by atoms with Crippen molar-refractivity contribution in [2.24, 2.45) is 11.8 Å². The maximum Gasteiger partial charge on any atom is 0.308 e. The van der Waals surface area contributed by atoms with Gasteiger partial charge in [-0.15, -0.1) is 0 Å². The molecule has 0 radical (unpaired) electrons. The highest BCUT2D eigenvalue weighted by atomic mass is 16.4. The van der Waals surface area contributed by atoms with Gasteiger partial charge in [-0.25, -0.2) is 0 Å². The van der Waals surface area contributed by atoms with E-state index in [9.17, 15) is 19.5 Å². The molecule has 29 heavy (non-hydrogen) atoms. The van der Waals surface area contributed by atoms with E-state index in [-0.39, 0.29) is 24.8 Å². The summed E-state index contributed by atoms with van der Waals surface area (Å²) in [5.41, 5.74) is 2.75. The number of amides is 2. The summed E-state index contributed by atoms with van der Waals surface area (Å²) in [5.74, 6) is -2.52. The van der Waals surface area contributed by atoms with Gasteiger partial charge >= 0.3 is 5.97 Å². The first-order chi connectivity index (χ1) is 13.9. The summed E-state index contributed by atoms with van der Waals surface area (Å²) < 4.78 is 0. The maximum atomic E-state index is 12.5.